The fourth-order valence-electron chi connectivity index (χ4n) is 2.02. The molecule has 1 nitrogen and oxygen atoms in total. The Kier molecular flexibility index (Phi) is 3.17. The number of hydrogen-bond donors (Lipinski definition) is 0. The van der Waals surface area contributed by atoms with Crippen LogP contribution >= 0.6 is 11.6 Å². The van der Waals surface area contributed by atoms with Crippen molar-refractivity contribution in [3.05, 3.63) is 35.4 Å². The number of rotatable bonds is 2. The molecule has 1 aliphatic heterocycles. The van der Waals surface area contributed by atoms with Gasteiger partial charge in [0.2, 0.25) is 0 Å². The lowest BCUT2D eigenvalue weighted by atomic mass is 9.93. The Labute approximate surface area is 98.4 Å². The molecule has 0 radical (unpaired) electrons. The van der Waals surface area contributed by atoms with Crippen molar-refractivity contribution in [2.24, 2.45) is 0 Å². The second-order valence-electron chi connectivity index (χ2n) is 4.30. The van der Waals surface area contributed by atoms with Gasteiger partial charge in [0.05, 0.1) is 11.0 Å². The van der Waals surface area contributed by atoms with E-state index in [0.717, 1.165) is 25.0 Å². The van der Waals surface area contributed by atoms with Gasteiger partial charge in [0.25, 0.3) is 0 Å². The molecule has 0 aliphatic carbocycles. The van der Waals surface area contributed by atoms with Crippen molar-refractivity contribution >= 4 is 11.6 Å². The van der Waals surface area contributed by atoms with Crippen molar-refractivity contribution in [3.8, 4) is 0 Å². The van der Waals surface area contributed by atoms with Gasteiger partial charge < -0.3 is 4.74 Å². The molecule has 4 heteroatoms. The van der Waals surface area contributed by atoms with E-state index < -0.39 is 22.6 Å². The van der Waals surface area contributed by atoms with Crippen LogP contribution in [0.5, 0.6) is 0 Å². The zero-order chi connectivity index (χ0) is 11.8. The van der Waals surface area contributed by atoms with E-state index in [0.29, 0.717) is 12.2 Å². The van der Waals surface area contributed by atoms with Gasteiger partial charge in [-0.05, 0) is 37.5 Å². The third-order valence-electron chi connectivity index (χ3n) is 3.02. The minimum absolute atomic E-state index is 0.454. The zero-order valence-electron chi connectivity index (χ0n) is 8.97. The van der Waals surface area contributed by atoms with Crippen LogP contribution in [-0.2, 0) is 4.74 Å². The highest BCUT2D eigenvalue weighted by Crippen LogP contribution is 2.41. The SMILES string of the molecule is CC1(C(Cl)c2ccc(F)c(F)c2)CCCO1. The van der Waals surface area contributed by atoms with Gasteiger partial charge in [-0.15, -0.1) is 11.6 Å². The van der Waals surface area contributed by atoms with Crippen LogP contribution in [0.1, 0.15) is 30.7 Å². The van der Waals surface area contributed by atoms with E-state index in [1.54, 1.807) is 0 Å². The molecule has 2 rings (SSSR count). The maximum Gasteiger partial charge on any atom is 0.159 e. The van der Waals surface area contributed by atoms with E-state index in [2.05, 4.69) is 0 Å². The molecule has 1 aromatic rings. The Morgan fingerprint density at radius 1 is 1.38 bits per heavy atom. The van der Waals surface area contributed by atoms with Crippen molar-refractivity contribution in [2.45, 2.75) is 30.7 Å². The molecule has 0 aromatic heterocycles. The first-order valence-electron chi connectivity index (χ1n) is 5.26. The molecular weight excluding hydrogens is 234 g/mol. The maximum atomic E-state index is 13.1. The second-order valence-corrected chi connectivity index (χ2v) is 4.74. The molecular formula is C12H13ClF2O. The second kappa shape index (κ2) is 4.30. The van der Waals surface area contributed by atoms with E-state index in [9.17, 15) is 8.78 Å². The molecule has 1 aromatic carbocycles. The first kappa shape index (κ1) is 11.8. The van der Waals surface area contributed by atoms with Crippen LogP contribution in [-0.4, -0.2) is 12.2 Å². The number of alkyl halides is 1. The van der Waals surface area contributed by atoms with Gasteiger partial charge in [-0.1, -0.05) is 6.07 Å². The van der Waals surface area contributed by atoms with Crippen molar-refractivity contribution in [1.82, 2.24) is 0 Å². The Bertz CT molecular complexity index is 389. The maximum absolute atomic E-state index is 13.1. The Balaban J connectivity index is 2.26. The van der Waals surface area contributed by atoms with E-state index in [-0.39, 0.29) is 0 Å². The summed E-state index contributed by atoms with van der Waals surface area (Å²) in [5, 5.41) is -0.454. The van der Waals surface area contributed by atoms with E-state index in [1.807, 2.05) is 6.92 Å². The lowest BCUT2D eigenvalue weighted by molar-refractivity contribution is 0.0163. The predicted octanol–water partition coefficient (Wildman–Crippen LogP) is 3.81. The van der Waals surface area contributed by atoms with Gasteiger partial charge in [0.1, 0.15) is 0 Å². The van der Waals surface area contributed by atoms with Gasteiger partial charge in [-0.3, -0.25) is 0 Å². The van der Waals surface area contributed by atoms with Crippen molar-refractivity contribution < 1.29 is 13.5 Å². The van der Waals surface area contributed by atoms with Gasteiger partial charge in [0.15, 0.2) is 11.6 Å². The summed E-state index contributed by atoms with van der Waals surface area (Å²) in [6, 6.07) is 3.74. The van der Waals surface area contributed by atoms with Crippen LogP contribution in [0.25, 0.3) is 0 Å². The molecule has 1 saturated heterocycles. The molecule has 0 bridgehead atoms. The van der Waals surface area contributed by atoms with Crippen molar-refractivity contribution in [1.29, 1.82) is 0 Å². The summed E-state index contributed by atoms with van der Waals surface area (Å²) in [6.45, 7) is 2.57. The van der Waals surface area contributed by atoms with Crippen LogP contribution in [0, 0.1) is 11.6 Å². The molecule has 1 fully saturated rings. The first-order valence-corrected chi connectivity index (χ1v) is 5.69. The normalized spacial score (nSPS) is 27.0. The molecule has 1 heterocycles. The fraction of sp³-hybridized carbons (Fsp3) is 0.500. The topological polar surface area (TPSA) is 9.23 Å². The van der Waals surface area contributed by atoms with Crippen LogP contribution < -0.4 is 0 Å². The quantitative estimate of drug-likeness (QED) is 0.721. The van der Waals surface area contributed by atoms with E-state index in [4.69, 9.17) is 16.3 Å². The summed E-state index contributed by atoms with van der Waals surface area (Å²) in [6.07, 6.45) is 1.78. The number of halogens is 3. The Morgan fingerprint density at radius 2 is 2.12 bits per heavy atom. The highest BCUT2D eigenvalue weighted by molar-refractivity contribution is 6.21. The molecule has 1 aliphatic rings. The summed E-state index contributed by atoms with van der Waals surface area (Å²) in [5.41, 5.74) is 0.0798. The van der Waals surface area contributed by atoms with Crippen LogP contribution in [0.3, 0.4) is 0 Å². The number of benzene rings is 1. The number of hydrogen-bond acceptors (Lipinski definition) is 1. The largest absolute Gasteiger partial charge is 0.373 e. The van der Waals surface area contributed by atoms with E-state index in [1.165, 1.54) is 6.07 Å². The van der Waals surface area contributed by atoms with E-state index >= 15 is 0 Å². The molecule has 88 valence electrons. The zero-order valence-corrected chi connectivity index (χ0v) is 9.73. The van der Waals surface area contributed by atoms with Crippen LogP contribution in [0.2, 0.25) is 0 Å². The molecule has 16 heavy (non-hydrogen) atoms. The van der Waals surface area contributed by atoms with Gasteiger partial charge >= 0.3 is 0 Å². The number of ether oxygens (including phenoxy) is 1. The van der Waals surface area contributed by atoms with Crippen LogP contribution in [0.4, 0.5) is 8.78 Å². The molecule has 0 N–H and O–H groups in total. The molecule has 0 amide bonds. The highest BCUT2D eigenvalue weighted by Gasteiger charge is 2.38. The summed E-state index contributed by atoms with van der Waals surface area (Å²) in [7, 11) is 0. The van der Waals surface area contributed by atoms with Crippen molar-refractivity contribution in [3.63, 3.8) is 0 Å². The Morgan fingerprint density at radius 3 is 2.69 bits per heavy atom. The van der Waals surface area contributed by atoms with Crippen molar-refractivity contribution in [2.75, 3.05) is 6.61 Å². The van der Waals surface area contributed by atoms with Crippen LogP contribution in [0.15, 0.2) is 18.2 Å². The minimum Gasteiger partial charge on any atom is -0.373 e. The molecule has 0 spiro atoms. The third kappa shape index (κ3) is 2.06. The van der Waals surface area contributed by atoms with Gasteiger partial charge in [0, 0.05) is 6.61 Å². The minimum atomic E-state index is -0.871. The predicted molar refractivity (Wildman–Crippen MR) is 58.5 cm³/mol. The smallest absolute Gasteiger partial charge is 0.159 e. The first-order chi connectivity index (χ1) is 7.53. The highest BCUT2D eigenvalue weighted by atomic mass is 35.5. The average molecular weight is 247 g/mol. The summed E-state index contributed by atoms with van der Waals surface area (Å²) < 4.78 is 31.4. The lowest BCUT2D eigenvalue weighted by Crippen LogP contribution is -2.28. The Hall–Kier alpha value is -0.670. The van der Waals surface area contributed by atoms with Gasteiger partial charge in [-0.2, -0.15) is 0 Å². The third-order valence-corrected chi connectivity index (χ3v) is 3.74. The standard InChI is InChI=1S/C12H13ClF2O/c1-12(5-2-6-16-12)11(13)8-3-4-9(14)10(15)7-8/h3-4,7,11H,2,5-6H2,1H3. The summed E-state index contributed by atoms with van der Waals surface area (Å²) >= 11 is 6.26. The molecule has 2 unspecified atom stereocenters. The summed E-state index contributed by atoms with van der Waals surface area (Å²) in [5.74, 6) is -1.73. The monoisotopic (exact) mass is 246 g/mol. The molecule has 2 atom stereocenters. The fourth-order valence-corrected chi connectivity index (χ4v) is 2.33. The average Bonchev–Trinajstić information content (AvgIpc) is 2.70. The molecule has 0 saturated carbocycles. The summed E-state index contributed by atoms with van der Waals surface area (Å²) in [4.78, 5) is 0. The lowest BCUT2D eigenvalue weighted by Gasteiger charge is -2.29. The van der Waals surface area contributed by atoms with Gasteiger partial charge in [-0.25, -0.2) is 8.78 Å².